The number of benzene rings is 1. The summed E-state index contributed by atoms with van der Waals surface area (Å²) in [5, 5.41) is 0. The molecule has 100 valence electrons. The maximum atomic E-state index is 12.2. The number of amides is 1. The summed E-state index contributed by atoms with van der Waals surface area (Å²) in [6, 6.07) is 5.10. The van der Waals surface area contributed by atoms with Gasteiger partial charge in [-0.2, -0.15) is 0 Å². The first-order valence-corrected chi connectivity index (χ1v) is 5.93. The van der Waals surface area contributed by atoms with Crippen molar-refractivity contribution in [3.05, 3.63) is 23.8 Å². The molecule has 1 rings (SSSR count). The SMILES string of the molecule is COc1ccc(C(=O)N(C)CC(C)(C)C)cc1N. The number of nitrogens with two attached hydrogens (primary N) is 1. The topological polar surface area (TPSA) is 55.6 Å². The monoisotopic (exact) mass is 250 g/mol. The fraction of sp³-hybridized carbons (Fsp3) is 0.500. The van der Waals surface area contributed by atoms with Crippen molar-refractivity contribution in [2.24, 2.45) is 5.41 Å². The van der Waals surface area contributed by atoms with Crippen molar-refractivity contribution in [2.45, 2.75) is 20.8 Å². The van der Waals surface area contributed by atoms with E-state index in [1.54, 1.807) is 37.3 Å². The van der Waals surface area contributed by atoms with Crippen LogP contribution in [0.25, 0.3) is 0 Å². The van der Waals surface area contributed by atoms with Gasteiger partial charge in [0.2, 0.25) is 0 Å². The molecule has 0 spiro atoms. The van der Waals surface area contributed by atoms with Crippen molar-refractivity contribution < 1.29 is 9.53 Å². The van der Waals surface area contributed by atoms with Crippen molar-refractivity contribution in [3.63, 3.8) is 0 Å². The maximum Gasteiger partial charge on any atom is 0.253 e. The second-order valence-electron chi connectivity index (χ2n) is 5.68. The van der Waals surface area contributed by atoms with Crippen molar-refractivity contribution in [1.29, 1.82) is 0 Å². The number of carbonyl (C=O) groups excluding carboxylic acids is 1. The molecule has 1 aromatic rings. The summed E-state index contributed by atoms with van der Waals surface area (Å²) in [6.45, 7) is 6.98. The summed E-state index contributed by atoms with van der Waals surface area (Å²) in [5.74, 6) is 0.560. The van der Waals surface area contributed by atoms with Gasteiger partial charge in [-0.05, 0) is 23.6 Å². The van der Waals surface area contributed by atoms with Crippen LogP contribution in [0.3, 0.4) is 0 Å². The predicted molar refractivity (Wildman–Crippen MR) is 73.8 cm³/mol. The molecule has 0 saturated carbocycles. The predicted octanol–water partition coefficient (Wildman–Crippen LogP) is 2.40. The number of carbonyl (C=O) groups is 1. The highest BCUT2D eigenvalue weighted by atomic mass is 16.5. The third-order valence-corrected chi connectivity index (χ3v) is 2.53. The van der Waals surface area contributed by atoms with Crippen LogP contribution in [0.5, 0.6) is 5.75 Å². The third-order valence-electron chi connectivity index (χ3n) is 2.53. The van der Waals surface area contributed by atoms with Crippen molar-refractivity contribution >= 4 is 11.6 Å². The fourth-order valence-corrected chi connectivity index (χ4v) is 1.87. The molecule has 0 atom stereocenters. The zero-order chi connectivity index (χ0) is 13.9. The molecule has 0 bridgehead atoms. The fourth-order valence-electron chi connectivity index (χ4n) is 1.87. The highest BCUT2D eigenvalue weighted by molar-refractivity contribution is 5.95. The van der Waals surface area contributed by atoms with Gasteiger partial charge in [-0.15, -0.1) is 0 Å². The number of nitrogen functional groups attached to an aromatic ring is 1. The molecule has 0 aliphatic carbocycles. The van der Waals surface area contributed by atoms with E-state index in [-0.39, 0.29) is 11.3 Å². The molecule has 4 nitrogen and oxygen atoms in total. The number of hydrogen-bond acceptors (Lipinski definition) is 3. The Morgan fingerprint density at radius 2 is 2.00 bits per heavy atom. The average Bonchev–Trinajstić information content (AvgIpc) is 2.25. The molecule has 0 aromatic heterocycles. The van der Waals surface area contributed by atoms with Crippen molar-refractivity contribution in [1.82, 2.24) is 4.90 Å². The van der Waals surface area contributed by atoms with E-state index in [1.807, 2.05) is 0 Å². The molecule has 18 heavy (non-hydrogen) atoms. The normalized spacial score (nSPS) is 11.2. The van der Waals surface area contributed by atoms with E-state index >= 15 is 0 Å². The van der Waals surface area contributed by atoms with Crippen LogP contribution in [0, 0.1) is 5.41 Å². The van der Waals surface area contributed by atoms with Crippen LogP contribution >= 0.6 is 0 Å². The minimum atomic E-state index is -0.0284. The summed E-state index contributed by atoms with van der Waals surface area (Å²) >= 11 is 0. The van der Waals surface area contributed by atoms with Crippen LogP contribution in [-0.2, 0) is 0 Å². The standard InChI is InChI=1S/C14H22N2O2/c1-14(2,3)9-16(4)13(17)10-6-7-12(18-5)11(15)8-10/h6-8H,9,15H2,1-5H3. The Morgan fingerprint density at radius 3 is 2.44 bits per heavy atom. The Bertz CT molecular complexity index is 436. The van der Waals surface area contributed by atoms with E-state index in [9.17, 15) is 4.79 Å². The molecule has 0 radical (unpaired) electrons. The smallest absolute Gasteiger partial charge is 0.253 e. The van der Waals surface area contributed by atoms with Crippen molar-refractivity contribution in [3.8, 4) is 5.75 Å². The number of methoxy groups -OCH3 is 1. The Kier molecular flexibility index (Phi) is 4.22. The van der Waals surface area contributed by atoms with Crippen LogP contribution in [0.2, 0.25) is 0 Å². The number of ether oxygens (including phenoxy) is 1. The summed E-state index contributed by atoms with van der Waals surface area (Å²) < 4.78 is 5.07. The second kappa shape index (κ2) is 5.29. The highest BCUT2D eigenvalue weighted by Crippen LogP contribution is 2.23. The molecule has 0 fully saturated rings. The van der Waals surface area contributed by atoms with Crippen LogP contribution in [0.1, 0.15) is 31.1 Å². The summed E-state index contributed by atoms with van der Waals surface area (Å²) in [5.41, 5.74) is 6.94. The van der Waals surface area contributed by atoms with Gasteiger partial charge < -0.3 is 15.4 Å². The summed E-state index contributed by atoms with van der Waals surface area (Å²) in [7, 11) is 3.35. The Labute approximate surface area is 109 Å². The van der Waals surface area contributed by atoms with E-state index in [4.69, 9.17) is 10.5 Å². The quantitative estimate of drug-likeness (QED) is 0.838. The van der Waals surface area contributed by atoms with E-state index < -0.39 is 0 Å². The zero-order valence-corrected chi connectivity index (χ0v) is 11.8. The Morgan fingerprint density at radius 1 is 1.39 bits per heavy atom. The van der Waals surface area contributed by atoms with E-state index in [0.29, 0.717) is 23.5 Å². The summed E-state index contributed by atoms with van der Waals surface area (Å²) in [6.07, 6.45) is 0. The minimum absolute atomic E-state index is 0.0284. The Hall–Kier alpha value is -1.71. The van der Waals surface area contributed by atoms with Gasteiger partial charge in [0, 0.05) is 19.2 Å². The van der Waals surface area contributed by atoms with Gasteiger partial charge in [0.05, 0.1) is 12.8 Å². The van der Waals surface area contributed by atoms with Gasteiger partial charge in [-0.3, -0.25) is 4.79 Å². The molecule has 0 saturated heterocycles. The van der Waals surface area contributed by atoms with Gasteiger partial charge in [0.25, 0.3) is 5.91 Å². The van der Waals surface area contributed by atoms with Crippen LogP contribution in [-0.4, -0.2) is 31.5 Å². The molecule has 1 aromatic carbocycles. The second-order valence-corrected chi connectivity index (χ2v) is 5.68. The molecule has 4 heteroatoms. The highest BCUT2D eigenvalue weighted by Gasteiger charge is 2.19. The average molecular weight is 250 g/mol. The molecule has 2 N–H and O–H groups in total. The summed E-state index contributed by atoms with van der Waals surface area (Å²) in [4.78, 5) is 13.9. The minimum Gasteiger partial charge on any atom is -0.495 e. The number of hydrogen-bond donors (Lipinski definition) is 1. The van der Waals surface area contributed by atoms with Gasteiger partial charge in [-0.1, -0.05) is 20.8 Å². The molecular formula is C14H22N2O2. The first kappa shape index (κ1) is 14.4. The number of rotatable bonds is 3. The van der Waals surface area contributed by atoms with Crippen molar-refractivity contribution in [2.75, 3.05) is 26.4 Å². The van der Waals surface area contributed by atoms with Crippen LogP contribution in [0.15, 0.2) is 18.2 Å². The maximum absolute atomic E-state index is 12.2. The van der Waals surface area contributed by atoms with Gasteiger partial charge in [0.15, 0.2) is 0 Å². The van der Waals surface area contributed by atoms with E-state index in [1.165, 1.54) is 0 Å². The van der Waals surface area contributed by atoms with Crippen LogP contribution < -0.4 is 10.5 Å². The molecule has 0 heterocycles. The van der Waals surface area contributed by atoms with E-state index in [2.05, 4.69) is 20.8 Å². The zero-order valence-electron chi connectivity index (χ0n) is 11.8. The Balaban J connectivity index is 2.87. The van der Waals surface area contributed by atoms with Crippen LogP contribution in [0.4, 0.5) is 5.69 Å². The molecule has 0 unspecified atom stereocenters. The largest absolute Gasteiger partial charge is 0.495 e. The molecule has 1 amide bonds. The number of anilines is 1. The first-order valence-electron chi connectivity index (χ1n) is 5.93. The van der Waals surface area contributed by atoms with E-state index in [0.717, 1.165) is 0 Å². The first-order chi connectivity index (χ1) is 8.24. The van der Waals surface area contributed by atoms with Gasteiger partial charge >= 0.3 is 0 Å². The molecule has 0 aliphatic rings. The third kappa shape index (κ3) is 3.65. The lowest BCUT2D eigenvalue weighted by Gasteiger charge is -2.26. The van der Waals surface area contributed by atoms with Gasteiger partial charge in [0.1, 0.15) is 5.75 Å². The van der Waals surface area contributed by atoms with Gasteiger partial charge in [-0.25, -0.2) is 0 Å². The lowest BCUT2D eigenvalue weighted by Crippen LogP contribution is -2.34. The lowest BCUT2D eigenvalue weighted by molar-refractivity contribution is 0.0745. The number of nitrogens with zero attached hydrogens (tertiary/aromatic N) is 1. The molecular weight excluding hydrogens is 228 g/mol. The lowest BCUT2D eigenvalue weighted by atomic mass is 9.96. The molecule has 0 aliphatic heterocycles.